The first-order chi connectivity index (χ1) is 8.93. The number of nitro groups is 1. The van der Waals surface area contributed by atoms with Crippen molar-refractivity contribution in [1.82, 2.24) is 4.90 Å². The van der Waals surface area contributed by atoms with Crippen LogP contribution in [0.2, 0.25) is 5.02 Å². The van der Waals surface area contributed by atoms with Gasteiger partial charge < -0.3 is 5.11 Å². The second kappa shape index (κ2) is 7.06. The molecule has 1 aromatic rings. The molecule has 0 bridgehead atoms. The zero-order chi connectivity index (χ0) is 14.4. The third-order valence-corrected chi connectivity index (χ3v) is 2.90. The summed E-state index contributed by atoms with van der Waals surface area (Å²) in [6, 6.07) is 4.17. The van der Waals surface area contributed by atoms with E-state index in [1.54, 1.807) is 4.90 Å². The Morgan fingerprint density at radius 3 is 2.74 bits per heavy atom. The number of nitrogens with zero attached hydrogens (tertiary/aromatic N) is 2. The highest BCUT2D eigenvalue weighted by atomic mass is 35.5. The van der Waals surface area contributed by atoms with Gasteiger partial charge in [-0.25, -0.2) is 0 Å². The van der Waals surface area contributed by atoms with E-state index in [1.807, 2.05) is 6.92 Å². The van der Waals surface area contributed by atoms with Crippen molar-refractivity contribution in [2.75, 3.05) is 13.1 Å². The van der Waals surface area contributed by atoms with Gasteiger partial charge in [0.25, 0.3) is 5.69 Å². The van der Waals surface area contributed by atoms with Gasteiger partial charge in [0.05, 0.1) is 11.5 Å². The van der Waals surface area contributed by atoms with Crippen LogP contribution in [0.1, 0.15) is 18.9 Å². The van der Waals surface area contributed by atoms with E-state index in [1.165, 1.54) is 18.2 Å². The number of halogens is 1. The van der Waals surface area contributed by atoms with Gasteiger partial charge in [-0.2, -0.15) is 0 Å². The molecule has 1 N–H and O–H groups in total. The topological polar surface area (TPSA) is 83.7 Å². The molecule has 7 heteroatoms. The minimum Gasteiger partial charge on any atom is -0.480 e. The Bertz CT molecular complexity index is 479. The Morgan fingerprint density at radius 1 is 1.53 bits per heavy atom. The first-order valence-corrected chi connectivity index (χ1v) is 6.18. The van der Waals surface area contributed by atoms with Gasteiger partial charge >= 0.3 is 5.97 Å². The highest BCUT2D eigenvalue weighted by Gasteiger charge is 2.14. The van der Waals surface area contributed by atoms with Crippen LogP contribution in [0.5, 0.6) is 0 Å². The molecule has 104 valence electrons. The predicted molar refractivity (Wildman–Crippen MR) is 71.3 cm³/mol. The van der Waals surface area contributed by atoms with Crippen LogP contribution in [0.4, 0.5) is 5.69 Å². The normalized spacial score (nSPS) is 10.7. The van der Waals surface area contributed by atoms with Crippen LogP contribution >= 0.6 is 11.6 Å². The number of carboxylic acids is 1. The maximum Gasteiger partial charge on any atom is 0.317 e. The van der Waals surface area contributed by atoms with E-state index >= 15 is 0 Å². The number of hydrogen-bond acceptors (Lipinski definition) is 4. The average Bonchev–Trinajstić information content (AvgIpc) is 2.31. The fourth-order valence-corrected chi connectivity index (χ4v) is 1.94. The molecule has 0 radical (unpaired) electrons. The number of carboxylic acid groups (broad SMARTS) is 1. The largest absolute Gasteiger partial charge is 0.480 e. The molecule has 0 aromatic heterocycles. The lowest BCUT2D eigenvalue weighted by molar-refractivity contribution is -0.384. The first kappa shape index (κ1) is 15.4. The molecular weight excluding hydrogens is 272 g/mol. The standard InChI is InChI=1S/C12H15ClN2O4/c1-2-5-14(8-12(16)17)7-9-6-10(15(18)19)3-4-11(9)13/h3-4,6H,2,5,7-8H2,1H3,(H,16,17). The lowest BCUT2D eigenvalue weighted by Crippen LogP contribution is -2.30. The minimum atomic E-state index is -0.935. The van der Waals surface area contributed by atoms with Crippen molar-refractivity contribution in [1.29, 1.82) is 0 Å². The summed E-state index contributed by atoms with van der Waals surface area (Å²) in [6.45, 7) is 2.68. The molecule has 0 fully saturated rings. The summed E-state index contributed by atoms with van der Waals surface area (Å²) in [4.78, 5) is 22.6. The van der Waals surface area contributed by atoms with Gasteiger partial charge in [0.1, 0.15) is 0 Å². The van der Waals surface area contributed by atoms with Crippen molar-refractivity contribution in [2.45, 2.75) is 19.9 Å². The molecule has 0 saturated carbocycles. The molecule has 6 nitrogen and oxygen atoms in total. The van der Waals surface area contributed by atoms with Gasteiger partial charge in [-0.15, -0.1) is 0 Å². The molecule has 0 aliphatic rings. The Morgan fingerprint density at radius 2 is 2.21 bits per heavy atom. The van der Waals surface area contributed by atoms with Crippen molar-refractivity contribution in [2.24, 2.45) is 0 Å². The minimum absolute atomic E-state index is 0.0498. The third-order valence-electron chi connectivity index (χ3n) is 2.53. The fourth-order valence-electron chi connectivity index (χ4n) is 1.76. The lowest BCUT2D eigenvalue weighted by Gasteiger charge is -2.19. The zero-order valence-electron chi connectivity index (χ0n) is 10.5. The van der Waals surface area contributed by atoms with Gasteiger partial charge in [-0.3, -0.25) is 19.8 Å². The van der Waals surface area contributed by atoms with Crippen molar-refractivity contribution >= 4 is 23.3 Å². The highest BCUT2D eigenvalue weighted by Crippen LogP contribution is 2.23. The zero-order valence-corrected chi connectivity index (χ0v) is 11.3. The molecule has 0 aliphatic carbocycles. The summed E-state index contributed by atoms with van der Waals surface area (Å²) in [5, 5.41) is 19.9. The monoisotopic (exact) mass is 286 g/mol. The van der Waals surface area contributed by atoms with E-state index in [2.05, 4.69) is 0 Å². The van der Waals surface area contributed by atoms with Gasteiger partial charge in [0, 0.05) is 23.7 Å². The molecule has 0 saturated heterocycles. The number of nitro benzene ring substituents is 1. The molecule has 0 amide bonds. The van der Waals surface area contributed by atoms with Gasteiger partial charge in [0.15, 0.2) is 0 Å². The quantitative estimate of drug-likeness (QED) is 0.615. The van der Waals surface area contributed by atoms with E-state index < -0.39 is 10.9 Å². The molecule has 0 aliphatic heterocycles. The van der Waals surface area contributed by atoms with Gasteiger partial charge in [-0.05, 0) is 24.6 Å². The maximum absolute atomic E-state index is 10.8. The van der Waals surface area contributed by atoms with E-state index in [9.17, 15) is 14.9 Å². The highest BCUT2D eigenvalue weighted by molar-refractivity contribution is 6.31. The second-order valence-corrected chi connectivity index (χ2v) is 4.54. The van der Waals surface area contributed by atoms with E-state index in [0.717, 1.165) is 6.42 Å². The summed E-state index contributed by atoms with van der Waals surface area (Å²) < 4.78 is 0. The van der Waals surface area contributed by atoms with Crippen LogP contribution in [-0.2, 0) is 11.3 Å². The van der Waals surface area contributed by atoms with E-state index in [0.29, 0.717) is 17.1 Å². The fraction of sp³-hybridized carbons (Fsp3) is 0.417. The molecule has 1 rings (SSSR count). The SMILES string of the molecule is CCCN(CC(=O)O)Cc1cc([N+](=O)[O-])ccc1Cl. The number of hydrogen-bond donors (Lipinski definition) is 1. The number of rotatable bonds is 7. The number of benzene rings is 1. The molecule has 19 heavy (non-hydrogen) atoms. The summed E-state index contributed by atoms with van der Waals surface area (Å²) in [5.41, 5.74) is 0.511. The summed E-state index contributed by atoms with van der Waals surface area (Å²) >= 11 is 5.98. The Hall–Kier alpha value is -1.66. The Labute approximate surface area is 115 Å². The maximum atomic E-state index is 10.8. The number of non-ortho nitro benzene ring substituents is 1. The van der Waals surface area contributed by atoms with E-state index in [-0.39, 0.29) is 18.8 Å². The van der Waals surface area contributed by atoms with Gasteiger partial charge in [-0.1, -0.05) is 18.5 Å². The molecule has 0 spiro atoms. The van der Waals surface area contributed by atoms with Crippen LogP contribution in [0.15, 0.2) is 18.2 Å². The molecule has 0 atom stereocenters. The van der Waals surface area contributed by atoms with Crippen LogP contribution < -0.4 is 0 Å². The van der Waals surface area contributed by atoms with Crippen LogP contribution in [0.25, 0.3) is 0 Å². The van der Waals surface area contributed by atoms with Crippen molar-refractivity contribution in [3.63, 3.8) is 0 Å². The smallest absolute Gasteiger partial charge is 0.317 e. The molecular formula is C12H15ClN2O4. The second-order valence-electron chi connectivity index (χ2n) is 4.14. The number of carbonyl (C=O) groups is 1. The third kappa shape index (κ3) is 4.84. The molecule has 0 heterocycles. The number of aliphatic carboxylic acids is 1. The lowest BCUT2D eigenvalue weighted by atomic mass is 10.2. The summed E-state index contributed by atoms with van der Waals surface area (Å²) in [6.07, 6.45) is 0.791. The van der Waals surface area contributed by atoms with Crippen molar-refractivity contribution in [3.05, 3.63) is 38.9 Å². The predicted octanol–water partition coefficient (Wildman–Crippen LogP) is 2.54. The molecule has 0 unspecified atom stereocenters. The Balaban J connectivity index is 2.91. The van der Waals surface area contributed by atoms with Crippen LogP contribution in [0, 0.1) is 10.1 Å². The van der Waals surface area contributed by atoms with Crippen molar-refractivity contribution in [3.8, 4) is 0 Å². The van der Waals surface area contributed by atoms with Crippen LogP contribution in [-0.4, -0.2) is 34.0 Å². The first-order valence-electron chi connectivity index (χ1n) is 5.81. The van der Waals surface area contributed by atoms with Crippen LogP contribution in [0.3, 0.4) is 0 Å². The summed E-state index contributed by atoms with van der Waals surface area (Å²) in [7, 11) is 0. The average molecular weight is 287 g/mol. The van der Waals surface area contributed by atoms with Gasteiger partial charge in [0.2, 0.25) is 0 Å². The molecule has 1 aromatic carbocycles. The van der Waals surface area contributed by atoms with E-state index in [4.69, 9.17) is 16.7 Å². The Kier molecular flexibility index (Phi) is 5.72. The summed E-state index contributed by atoms with van der Waals surface area (Å²) in [5.74, 6) is -0.935. The van der Waals surface area contributed by atoms with Crippen molar-refractivity contribution < 1.29 is 14.8 Å².